The summed E-state index contributed by atoms with van der Waals surface area (Å²) in [5.41, 5.74) is 4.65. The van der Waals surface area contributed by atoms with Crippen molar-refractivity contribution in [3.63, 3.8) is 0 Å². The molecule has 1 amide bonds. The van der Waals surface area contributed by atoms with Crippen LogP contribution in [-0.4, -0.2) is 18.7 Å². The van der Waals surface area contributed by atoms with Gasteiger partial charge in [-0.25, -0.2) is 5.43 Å². The van der Waals surface area contributed by atoms with Crippen LogP contribution in [0.2, 0.25) is 0 Å². The van der Waals surface area contributed by atoms with Gasteiger partial charge in [0.2, 0.25) is 0 Å². The summed E-state index contributed by atoms with van der Waals surface area (Å²) in [5.74, 6) is 0.353. The number of hydrazone groups is 1. The van der Waals surface area contributed by atoms with E-state index < -0.39 is 0 Å². The number of carbonyl (C=O) groups excluding carboxylic acids is 1. The van der Waals surface area contributed by atoms with Crippen molar-refractivity contribution in [2.45, 2.75) is 26.2 Å². The third-order valence-corrected chi connectivity index (χ3v) is 4.11. The molecule has 126 valence electrons. The molecule has 2 aromatic carbocycles. The predicted octanol–water partition coefficient (Wildman–Crippen LogP) is 4.28. The molecule has 0 heterocycles. The molecule has 0 aliphatic carbocycles. The van der Waals surface area contributed by atoms with E-state index in [-0.39, 0.29) is 17.9 Å². The summed E-state index contributed by atoms with van der Waals surface area (Å²) in [7, 11) is 0. The highest BCUT2D eigenvalue weighted by molar-refractivity contribution is 9.10. The molecule has 1 N–H and O–H groups in total. The van der Waals surface area contributed by atoms with Crippen molar-refractivity contribution in [2.75, 3.05) is 6.61 Å². The first kappa shape index (κ1) is 18.2. The lowest BCUT2D eigenvalue weighted by Crippen LogP contribution is -2.24. The Labute approximate surface area is 151 Å². The van der Waals surface area contributed by atoms with E-state index in [1.807, 2.05) is 48.5 Å². The van der Waals surface area contributed by atoms with Gasteiger partial charge >= 0.3 is 0 Å². The van der Waals surface area contributed by atoms with Crippen LogP contribution in [0.4, 0.5) is 0 Å². The summed E-state index contributed by atoms with van der Waals surface area (Å²) in [6.45, 7) is 6.38. The van der Waals surface area contributed by atoms with Gasteiger partial charge in [0, 0.05) is 10.0 Å². The van der Waals surface area contributed by atoms with E-state index in [1.54, 1.807) is 6.21 Å². The van der Waals surface area contributed by atoms with E-state index in [0.29, 0.717) is 5.75 Å². The number of benzene rings is 2. The highest BCUT2D eigenvalue weighted by Crippen LogP contribution is 2.24. The van der Waals surface area contributed by atoms with Gasteiger partial charge in [-0.3, -0.25) is 4.79 Å². The largest absolute Gasteiger partial charge is 0.484 e. The van der Waals surface area contributed by atoms with Crippen molar-refractivity contribution in [1.82, 2.24) is 5.43 Å². The highest BCUT2D eigenvalue weighted by Gasteiger charge is 2.13. The molecule has 0 bridgehead atoms. The minimum Gasteiger partial charge on any atom is -0.484 e. The topological polar surface area (TPSA) is 50.7 Å². The zero-order chi connectivity index (χ0) is 17.6. The van der Waals surface area contributed by atoms with Gasteiger partial charge in [-0.1, -0.05) is 67.0 Å². The van der Waals surface area contributed by atoms with Crippen molar-refractivity contribution in [2.24, 2.45) is 5.10 Å². The first-order chi connectivity index (χ1) is 11.4. The van der Waals surface area contributed by atoms with E-state index in [1.165, 1.54) is 5.56 Å². The molecular formula is C19H21BrN2O2. The van der Waals surface area contributed by atoms with Crippen LogP contribution >= 0.6 is 15.9 Å². The number of hydrogen-bond donors (Lipinski definition) is 1. The average molecular weight is 389 g/mol. The summed E-state index contributed by atoms with van der Waals surface area (Å²) in [6, 6.07) is 15.4. The van der Waals surface area contributed by atoms with Crippen LogP contribution in [0.1, 0.15) is 31.9 Å². The number of hydrogen-bond acceptors (Lipinski definition) is 3. The molecule has 2 rings (SSSR count). The Morgan fingerprint density at radius 3 is 2.46 bits per heavy atom. The van der Waals surface area contributed by atoms with Crippen molar-refractivity contribution >= 4 is 28.1 Å². The van der Waals surface area contributed by atoms with Crippen LogP contribution in [0.15, 0.2) is 58.1 Å². The third-order valence-electron chi connectivity index (χ3n) is 3.39. The van der Waals surface area contributed by atoms with Gasteiger partial charge in [0.25, 0.3) is 5.91 Å². The fraction of sp³-hybridized carbons (Fsp3) is 0.263. The summed E-state index contributed by atoms with van der Waals surface area (Å²) in [4.78, 5) is 11.8. The average Bonchev–Trinajstić information content (AvgIpc) is 2.54. The second-order valence-electron chi connectivity index (χ2n) is 6.38. The summed E-state index contributed by atoms with van der Waals surface area (Å²) >= 11 is 3.42. The van der Waals surface area contributed by atoms with E-state index in [2.05, 4.69) is 47.2 Å². The van der Waals surface area contributed by atoms with Crippen molar-refractivity contribution in [3.8, 4) is 5.75 Å². The van der Waals surface area contributed by atoms with Gasteiger partial charge in [0.05, 0.1) is 6.21 Å². The predicted molar refractivity (Wildman–Crippen MR) is 101 cm³/mol. The second kappa shape index (κ2) is 8.11. The lowest BCUT2D eigenvalue weighted by atomic mass is 9.87. The maximum absolute atomic E-state index is 11.8. The van der Waals surface area contributed by atoms with E-state index in [4.69, 9.17) is 4.74 Å². The van der Waals surface area contributed by atoms with Crippen LogP contribution < -0.4 is 10.2 Å². The smallest absolute Gasteiger partial charge is 0.277 e. The van der Waals surface area contributed by atoms with E-state index >= 15 is 0 Å². The number of ether oxygens (including phenoxy) is 1. The molecule has 0 saturated heterocycles. The monoisotopic (exact) mass is 388 g/mol. The molecule has 0 saturated carbocycles. The van der Waals surface area contributed by atoms with E-state index in [9.17, 15) is 4.79 Å². The maximum atomic E-state index is 11.8. The Balaban J connectivity index is 1.82. The fourth-order valence-electron chi connectivity index (χ4n) is 1.99. The van der Waals surface area contributed by atoms with Gasteiger partial charge in [0.15, 0.2) is 6.61 Å². The molecule has 0 aliphatic heterocycles. The van der Waals surface area contributed by atoms with E-state index in [0.717, 1.165) is 10.0 Å². The quantitative estimate of drug-likeness (QED) is 0.613. The van der Waals surface area contributed by atoms with Gasteiger partial charge < -0.3 is 4.74 Å². The lowest BCUT2D eigenvalue weighted by molar-refractivity contribution is -0.123. The standard InChI is InChI=1S/C19H21BrN2O2/c1-19(2,3)15-8-10-16(11-9-15)24-13-18(23)22-21-12-14-6-4-5-7-17(14)20/h4-12H,13H2,1-3H3,(H,22,23)/b21-12+. The molecule has 4 nitrogen and oxygen atoms in total. The molecule has 0 radical (unpaired) electrons. The molecule has 0 unspecified atom stereocenters. The first-order valence-electron chi connectivity index (χ1n) is 7.66. The summed E-state index contributed by atoms with van der Waals surface area (Å²) in [6.07, 6.45) is 1.58. The fourth-order valence-corrected chi connectivity index (χ4v) is 2.37. The molecule has 5 heteroatoms. The van der Waals surface area contributed by atoms with Gasteiger partial charge in [-0.15, -0.1) is 0 Å². The molecule has 0 aromatic heterocycles. The molecule has 0 spiro atoms. The molecule has 0 aliphatic rings. The molecule has 24 heavy (non-hydrogen) atoms. The van der Waals surface area contributed by atoms with Gasteiger partial charge in [-0.05, 0) is 29.2 Å². The second-order valence-corrected chi connectivity index (χ2v) is 7.23. The van der Waals surface area contributed by atoms with Crippen molar-refractivity contribution in [1.29, 1.82) is 0 Å². The number of halogens is 1. The van der Waals surface area contributed by atoms with Crippen LogP contribution in [0.5, 0.6) is 5.75 Å². The SMILES string of the molecule is CC(C)(C)c1ccc(OCC(=O)N/N=C/c2ccccc2Br)cc1. The Morgan fingerprint density at radius 1 is 1.17 bits per heavy atom. The molecule has 0 fully saturated rings. The zero-order valence-corrected chi connectivity index (χ0v) is 15.6. The molecule has 2 aromatic rings. The van der Waals surface area contributed by atoms with Crippen LogP contribution in [0, 0.1) is 0 Å². The minimum absolute atomic E-state index is 0.0812. The molecule has 0 atom stereocenters. The third kappa shape index (κ3) is 5.49. The maximum Gasteiger partial charge on any atom is 0.277 e. The Hall–Kier alpha value is -2.14. The van der Waals surface area contributed by atoms with Crippen LogP contribution in [-0.2, 0) is 10.2 Å². The summed E-state index contributed by atoms with van der Waals surface area (Å²) in [5, 5.41) is 3.93. The minimum atomic E-state index is -0.307. The van der Waals surface area contributed by atoms with Crippen molar-refractivity contribution < 1.29 is 9.53 Å². The first-order valence-corrected chi connectivity index (χ1v) is 8.45. The lowest BCUT2D eigenvalue weighted by Gasteiger charge is -2.19. The highest BCUT2D eigenvalue weighted by atomic mass is 79.9. The summed E-state index contributed by atoms with van der Waals surface area (Å²) < 4.78 is 6.38. The number of nitrogens with one attached hydrogen (secondary N) is 1. The number of nitrogens with zero attached hydrogens (tertiary/aromatic N) is 1. The Morgan fingerprint density at radius 2 is 1.83 bits per heavy atom. The Bertz CT molecular complexity index is 719. The number of carbonyl (C=O) groups is 1. The molecular weight excluding hydrogens is 368 g/mol. The van der Waals surface area contributed by atoms with Gasteiger partial charge in [0.1, 0.15) is 5.75 Å². The number of rotatable bonds is 5. The van der Waals surface area contributed by atoms with Crippen LogP contribution in [0.25, 0.3) is 0 Å². The van der Waals surface area contributed by atoms with Crippen LogP contribution in [0.3, 0.4) is 0 Å². The number of amides is 1. The Kier molecular flexibility index (Phi) is 6.15. The zero-order valence-electron chi connectivity index (χ0n) is 14.0. The van der Waals surface area contributed by atoms with Crippen molar-refractivity contribution in [3.05, 3.63) is 64.1 Å². The van der Waals surface area contributed by atoms with Gasteiger partial charge in [-0.2, -0.15) is 5.10 Å². The normalized spacial score (nSPS) is 11.5.